The smallest absolute Gasteiger partial charge is 0.0740 e. The highest BCUT2D eigenvalue weighted by molar-refractivity contribution is 7.80. The molecular weight excluding hydrogens is 208 g/mol. The van der Waals surface area contributed by atoms with Gasteiger partial charge in [0.25, 0.3) is 0 Å². The van der Waals surface area contributed by atoms with Gasteiger partial charge in [-0.15, -0.1) is 0 Å². The van der Waals surface area contributed by atoms with Gasteiger partial charge in [-0.05, 0) is 26.7 Å². The predicted octanol–water partition coefficient (Wildman–Crippen LogP) is 1.55. The molecule has 2 N–H and O–H groups in total. The van der Waals surface area contributed by atoms with Crippen molar-refractivity contribution in [1.82, 2.24) is 4.90 Å². The Hall–Kier alpha value is -0.190. The number of nitrogens with zero attached hydrogens (tertiary/aromatic N) is 1. The maximum Gasteiger partial charge on any atom is 0.0740 e. The minimum atomic E-state index is 0.558. The molecule has 1 heterocycles. The van der Waals surface area contributed by atoms with Crippen LogP contribution in [0.15, 0.2) is 0 Å². The Morgan fingerprint density at radius 3 is 2.53 bits per heavy atom. The van der Waals surface area contributed by atoms with Crippen molar-refractivity contribution in [2.24, 2.45) is 5.73 Å². The Balaban J connectivity index is 2.44. The van der Waals surface area contributed by atoms with Crippen LogP contribution < -0.4 is 5.73 Å². The van der Waals surface area contributed by atoms with E-state index >= 15 is 0 Å². The highest BCUT2D eigenvalue weighted by atomic mass is 32.1. The van der Waals surface area contributed by atoms with Crippen molar-refractivity contribution >= 4 is 17.2 Å². The number of rotatable bonds is 5. The van der Waals surface area contributed by atoms with E-state index in [2.05, 4.69) is 18.7 Å². The lowest BCUT2D eigenvalue weighted by atomic mass is 10.0. The third-order valence-electron chi connectivity index (χ3n) is 2.94. The van der Waals surface area contributed by atoms with Crippen molar-refractivity contribution in [1.29, 1.82) is 0 Å². The highest BCUT2D eigenvalue weighted by Gasteiger charge is 2.23. The molecule has 1 aliphatic heterocycles. The Labute approximate surface area is 98.0 Å². The maximum atomic E-state index is 5.55. The van der Waals surface area contributed by atoms with Crippen LogP contribution >= 0.6 is 12.2 Å². The van der Waals surface area contributed by atoms with E-state index in [0.29, 0.717) is 17.1 Å². The second-order valence-electron chi connectivity index (χ2n) is 4.39. The van der Waals surface area contributed by atoms with E-state index in [4.69, 9.17) is 22.7 Å². The van der Waals surface area contributed by atoms with Crippen molar-refractivity contribution in [2.45, 2.75) is 45.2 Å². The van der Waals surface area contributed by atoms with Crippen LogP contribution in [-0.4, -0.2) is 41.7 Å². The van der Waals surface area contributed by atoms with Crippen molar-refractivity contribution in [2.75, 3.05) is 19.8 Å². The highest BCUT2D eigenvalue weighted by Crippen LogP contribution is 2.17. The first kappa shape index (κ1) is 12.9. The van der Waals surface area contributed by atoms with Crippen LogP contribution in [0.2, 0.25) is 0 Å². The first-order valence-electron chi connectivity index (χ1n) is 5.73. The molecule has 0 amide bonds. The summed E-state index contributed by atoms with van der Waals surface area (Å²) in [6.45, 7) is 7.23. The molecule has 0 aromatic rings. The zero-order valence-electron chi connectivity index (χ0n) is 9.74. The lowest BCUT2D eigenvalue weighted by Gasteiger charge is -2.37. The van der Waals surface area contributed by atoms with Crippen molar-refractivity contribution in [3.63, 3.8) is 0 Å². The van der Waals surface area contributed by atoms with Crippen LogP contribution in [0.4, 0.5) is 0 Å². The van der Waals surface area contributed by atoms with E-state index in [0.717, 1.165) is 39.0 Å². The minimum absolute atomic E-state index is 0.558. The third kappa shape index (κ3) is 4.45. The van der Waals surface area contributed by atoms with Gasteiger partial charge >= 0.3 is 0 Å². The SMILES string of the molecule is CC(C)N(CCC(N)=S)C1CCOCC1. The quantitative estimate of drug-likeness (QED) is 0.727. The molecule has 0 aromatic carbocycles. The molecule has 88 valence electrons. The van der Waals surface area contributed by atoms with E-state index in [-0.39, 0.29) is 0 Å². The average molecular weight is 230 g/mol. The van der Waals surface area contributed by atoms with Gasteiger partial charge in [-0.1, -0.05) is 12.2 Å². The molecule has 1 aliphatic rings. The molecule has 0 unspecified atom stereocenters. The molecule has 0 aromatic heterocycles. The average Bonchev–Trinajstić information content (AvgIpc) is 2.18. The number of nitrogens with two attached hydrogens (primary N) is 1. The van der Waals surface area contributed by atoms with Crippen molar-refractivity contribution in [3.05, 3.63) is 0 Å². The van der Waals surface area contributed by atoms with Gasteiger partial charge in [0.05, 0.1) is 4.99 Å². The molecule has 3 nitrogen and oxygen atoms in total. The summed E-state index contributed by atoms with van der Waals surface area (Å²) in [5.74, 6) is 0. The van der Waals surface area contributed by atoms with Gasteiger partial charge in [0, 0.05) is 38.3 Å². The fourth-order valence-corrected chi connectivity index (χ4v) is 2.21. The Morgan fingerprint density at radius 2 is 2.07 bits per heavy atom. The van der Waals surface area contributed by atoms with Crippen LogP contribution in [0.25, 0.3) is 0 Å². The molecular formula is C11H22N2OS. The molecule has 0 atom stereocenters. The molecule has 1 rings (SSSR count). The minimum Gasteiger partial charge on any atom is -0.393 e. The van der Waals surface area contributed by atoms with Crippen molar-refractivity contribution in [3.8, 4) is 0 Å². The number of hydrogen-bond acceptors (Lipinski definition) is 3. The van der Waals surface area contributed by atoms with E-state index in [1.54, 1.807) is 0 Å². The summed E-state index contributed by atoms with van der Waals surface area (Å²) in [6.07, 6.45) is 3.09. The second-order valence-corrected chi connectivity index (χ2v) is 4.92. The molecule has 0 spiro atoms. The third-order valence-corrected chi connectivity index (χ3v) is 3.14. The largest absolute Gasteiger partial charge is 0.393 e. The summed E-state index contributed by atoms with van der Waals surface area (Å²) < 4.78 is 5.38. The van der Waals surface area contributed by atoms with Crippen LogP contribution in [-0.2, 0) is 4.74 Å². The fraction of sp³-hybridized carbons (Fsp3) is 0.909. The monoisotopic (exact) mass is 230 g/mol. The molecule has 0 radical (unpaired) electrons. The zero-order valence-corrected chi connectivity index (χ0v) is 10.6. The summed E-state index contributed by atoms with van der Waals surface area (Å²) in [7, 11) is 0. The van der Waals surface area contributed by atoms with E-state index < -0.39 is 0 Å². The molecule has 15 heavy (non-hydrogen) atoms. The maximum absolute atomic E-state index is 5.55. The molecule has 1 saturated heterocycles. The van der Waals surface area contributed by atoms with Crippen LogP contribution in [0, 0.1) is 0 Å². The number of ether oxygens (including phenoxy) is 1. The van der Waals surface area contributed by atoms with Gasteiger partial charge in [0.1, 0.15) is 0 Å². The summed E-state index contributed by atoms with van der Waals surface area (Å²) in [4.78, 5) is 3.12. The standard InChI is InChI=1S/C11H22N2OS/c1-9(2)13(6-3-11(12)15)10-4-7-14-8-5-10/h9-10H,3-8H2,1-2H3,(H2,12,15). The second kappa shape index (κ2) is 6.40. The van der Waals surface area contributed by atoms with Gasteiger partial charge in [0.2, 0.25) is 0 Å². The summed E-state index contributed by atoms with van der Waals surface area (Å²) in [5, 5.41) is 0. The van der Waals surface area contributed by atoms with Gasteiger partial charge in [-0.3, -0.25) is 4.90 Å². The normalized spacial score (nSPS) is 18.7. The molecule has 0 bridgehead atoms. The van der Waals surface area contributed by atoms with Crippen LogP contribution in [0.3, 0.4) is 0 Å². The zero-order chi connectivity index (χ0) is 11.3. The Morgan fingerprint density at radius 1 is 1.47 bits per heavy atom. The molecule has 0 saturated carbocycles. The number of thiocarbonyl (C=S) groups is 1. The van der Waals surface area contributed by atoms with Crippen molar-refractivity contribution < 1.29 is 4.74 Å². The fourth-order valence-electron chi connectivity index (χ4n) is 2.12. The lowest BCUT2D eigenvalue weighted by Crippen LogP contribution is -2.44. The van der Waals surface area contributed by atoms with E-state index in [9.17, 15) is 0 Å². The first-order valence-corrected chi connectivity index (χ1v) is 6.14. The number of hydrogen-bond donors (Lipinski definition) is 1. The predicted molar refractivity (Wildman–Crippen MR) is 67.1 cm³/mol. The Bertz CT molecular complexity index is 203. The summed E-state index contributed by atoms with van der Waals surface area (Å²) in [5.41, 5.74) is 5.55. The Kier molecular flexibility index (Phi) is 5.50. The lowest BCUT2D eigenvalue weighted by molar-refractivity contribution is 0.0237. The molecule has 4 heteroatoms. The topological polar surface area (TPSA) is 38.5 Å². The van der Waals surface area contributed by atoms with Crippen LogP contribution in [0.1, 0.15) is 33.1 Å². The molecule has 0 aliphatic carbocycles. The van der Waals surface area contributed by atoms with E-state index in [1.165, 1.54) is 0 Å². The summed E-state index contributed by atoms with van der Waals surface area (Å²) in [6, 6.07) is 1.20. The molecule has 1 fully saturated rings. The van der Waals surface area contributed by atoms with Crippen LogP contribution in [0.5, 0.6) is 0 Å². The van der Waals surface area contributed by atoms with Gasteiger partial charge in [-0.25, -0.2) is 0 Å². The van der Waals surface area contributed by atoms with E-state index in [1.807, 2.05) is 0 Å². The van der Waals surface area contributed by atoms with Gasteiger partial charge < -0.3 is 10.5 Å². The summed E-state index contributed by atoms with van der Waals surface area (Å²) >= 11 is 4.93. The van der Waals surface area contributed by atoms with Gasteiger partial charge in [0.15, 0.2) is 0 Å². The van der Waals surface area contributed by atoms with Gasteiger partial charge in [-0.2, -0.15) is 0 Å². The first-order chi connectivity index (χ1) is 7.11.